The molecule has 3 rings (SSSR count). The van der Waals surface area contributed by atoms with Gasteiger partial charge in [0.1, 0.15) is 0 Å². The van der Waals surface area contributed by atoms with Gasteiger partial charge in [-0.3, -0.25) is 9.69 Å². The summed E-state index contributed by atoms with van der Waals surface area (Å²) in [5.41, 5.74) is 6.95. The fraction of sp³-hybridized carbons (Fsp3) is 0.526. The number of halogens is 1. The highest BCUT2D eigenvalue weighted by Gasteiger charge is 2.28. The van der Waals surface area contributed by atoms with E-state index in [1.807, 2.05) is 24.0 Å². The highest BCUT2D eigenvalue weighted by atomic mass is 35.5. The summed E-state index contributed by atoms with van der Waals surface area (Å²) >= 11 is 5.91. The van der Waals surface area contributed by atoms with Crippen LogP contribution in [0.1, 0.15) is 26.2 Å². The van der Waals surface area contributed by atoms with Crippen molar-refractivity contribution >= 4 is 17.5 Å². The molecule has 0 saturated carbocycles. The summed E-state index contributed by atoms with van der Waals surface area (Å²) in [5, 5.41) is 4.71. The van der Waals surface area contributed by atoms with Crippen molar-refractivity contribution in [1.82, 2.24) is 19.9 Å². The summed E-state index contributed by atoms with van der Waals surface area (Å²) in [7, 11) is 0. The molecule has 146 valence electrons. The summed E-state index contributed by atoms with van der Waals surface area (Å²) in [6.07, 6.45) is 0.903. The lowest BCUT2D eigenvalue weighted by Gasteiger charge is -2.36. The van der Waals surface area contributed by atoms with Crippen LogP contribution in [0.5, 0.6) is 0 Å². The Morgan fingerprint density at radius 2 is 1.93 bits per heavy atom. The maximum Gasteiger partial charge on any atom is 0.241 e. The molecule has 1 amide bonds. The Kier molecular flexibility index (Phi) is 6.46. The lowest BCUT2D eigenvalue weighted by molar-refractivity contribution is -0.135. The van der Waals surface area contributed by atoms with Crippen LogP contribution in [-0.4, -0.2) is 58.1 Å². The van der Waals surface area contributed by atoms with E-state index in [0.717, 1.165) is 25.1 Å². The molecular weight excluding hydrogens is 366 g/mol. The van der Waals surface area contributed by atoms with Gasteiger partial charge in [0.05, 0.1) is 12.6 Å². The molecule has 2 aromatic rings. The van der Waals surface area contributed by atoms with Gasteiger partial charge in [0.25, 0.3) is 0 Å². The average Bonchev–Trinajstić information content (AvgIpc) is 3.15. The Bertz CT molecular complexity index is 756. The Balaban J connectivity index is 1.52. The van der Waals surface area contributed by atoms with Crippen molar-refractivity contribution in [3.63, 3.8) is 0 Å². The molecule has 1 saturated heterocycles. The van der Waals surface area contributed by atoms with Gasteiger partial charge in [-0.15, -0.1) is 0 Å². The molecule has 0 bridgehead atoms. The summed E-state index contributed by atoms with van der Waals surface area (Å²) < 4.78 is 5.37. The number of amides is 1. The Morgan fingerprint density at radius 3 is 2.56 bits per heavy atom. The zero-order valence-electron chi connectivity index (χ0n) is 15.8. The van der Waals surface area contributed by atoms with Crippen molar-refractivity contribution in [3.8, 4) is 11.4 Å². The van der Waals surface area contributed by atoms with E-state index in [9.17, 15) is 4.79 Å². The summed E-state index contributed by atoms with van der Waals surface area (Å²) in [4.78, 5) is 21.0. The first-order chi connectivity index (χ1) is 13.0. The number of piperazine rings is 1. The first-order valence-electron chi connectivity index (χ1n) is 9.33. The number of nitrogens with two attached hydrogens (primary N) is 1. The van der Waals surface area contributed by atoms with Crippen molar-refractivity contribution in [2.45, 2.75) is 32.9 Å². The predicted octanol–water partition coefficient (Wildman–Crippen LogP) is 2.41. The third-order valence-corrected chi connectivity index (χ3v) is 5.41. The van der Waals surface area contributed by atoms with Crippen molar-refractivity contribution in [1.29, 1.82) is 0 Å². The summed E-state index contributed by atoms with van der Waals surface area (Å²) in [6.45, 7) is 7.50. The minimum atomic E-state index is -0.417. The minimum absolute atomic E-state index is 0.0480. The van der Waals surface area contributed by atoms with Crippen molar-refractivity contribution in [3.05, 3.63) is 35.2 Å². The Labute approximate surface area is 164 Å². The van der Waals surface area contributed by atoms with E-state index in [0.29, 0.717) is 36.4 Å². The second-order valence-electron chi connectivity index (χ2n) is 7.03. The van der Waals surface area contributed by atoms with Gasteiger partial charge >= 0.3 is 0 Å². The fourth-order valence-corrected chi connectivity index (χ4v) is 3.19. The molecule has 1 aliphatic heterocycles. The molecule has 7 nitrogen and oxygen atoms in total. The van der Waals surface area contributed by atoms with Crippen LogP contribution in [0, 0.1) is 5.92 Å². The molecule has 0 aliphatic carbocycles. The quantitative estimate of drug-likeness (QED) is 0.813. The molecule has 1 aliphatic rings. The van der Waals surface area contributed by atoms with Crippen molar-refractivity contribution in [2.75, 3.05) is 26.2 Å². The van der Waals surface area contributed by atoms with Crippen LogP contribution in [0.4, 0.5) is 0 Å². The van der Waals surface area contributed by atoms with Crippen LogP contribution in [0.25, 0.3) is 11.4 Å². The van der Waals surface area contributed by atoms with E-state index < -0.39 is 6.04 Å². The first-order valence-corrected chi connectivity index (χ1v) is 9.71. The standard InChI is InChI=1S/C19H26ClN5O2/c1-3-13(2)17(21)19(26)25-10-8-24(9-11-25)12-16-22-18(23-27-16)14-4-6-15(20)7-5-14/h4-7,13,17H,3,8-12,21H2,1-2H3. The van der Waals surface area contributed by atoms with Gasteiger partial charge in [0, 0.05) is 36.8 Å². The molecule has 8 heteroatoms. The molecule has 2 unspecified atom stereocenters. The highest BCUT2D eigenvalue weighted by Crippen LogP contribution is 2.19. The van der Waals surface area contributed by atoms with Gasteiger partial charge in [0.15, 0.2) is 0 Å². The summed E-state index contributed by atoms with van der Waals surface area (Å²) in [6, 6.07) is 6.91. The molecule has 0 spiro atoms. The normalized spacial score (nSPS) is 17.7. The van der Waals surface area contributed by atoms with E-state index in [1.165, 1.54) is 0 Å². The molecule has 0 radical (unpaired) electrons. The van der Waals surface area contributed by atoms with Crippen LogP contribution in [0.3, 0.4) is 0 Å². The fourth-order valence-electron chi connectivity index (χ4n) is 3.06. The number of nitrogens with zero attached hydrogens (tertiary/aromatic N) is 4. The first kappa shape index (κ1) is 19.8. The van der Waals surface area contributed by atoms with Gasteiger partial charge in [-0.25, -0.2) is 0 Å². The molecule has 1 aromatic heterocycles. The number of rotatable bonds is 6. The molecule has 27 heavy (non-hydrogen) atoms. The van der Waals surface area contributed by atoms with Crippen LogP contribution in [0.2, 0.25) is 5.02 Å². The molecule has 2 N–H and O–H groups in total. The number of hydrogen-bond donors (Lipinski definition) is 1. The zero-order chi connectivity index (χ0) is 19.4. The van der Waals surface area contributed by atoms with Gasteiger partial charge in [0.2, 0.25) is 17.6 Å². The average molecular weight is 392 g/mol. The van der Waals surface area contributed by atoms with Crippen LogP contribution < -0.4 is 5.73 Å². The largest absolute Gasteiger partial charge is 0.339 e. The van der Waals surface area contributed by atoms with Crippen LogP contribution in [0.15, 0.2) is 28.8 Å². The monoisotopic (exact) mass is 391 g/mol. The van der Waals surface area contributed by atoms with E-state index >= 15 is 0 Å². The van der Waals surface area contributed by atoms with E-state index in [4.69, 9.17) is 21.9 Å². The second kappa shape index (κ2) is 8.82. The maximum atomic E-state index is 12.5. The highest BCUT2D eigenvalue weighted by molar-refractivity contribution is 6.30. The third kappa shape index (κ3) is 4.86. The van der Waals surface area contributed by atoms with Crippen molar-refractivity contribution in [2.24, 2.45) is 11.7 Å². The Hall–Kier alpha value is -1.96. The zero-order valence-corrected chi connectivity index (χ0v) is 16.5. The van der Waals surface area contributed by atoms with Crippen LogP contribution >= 0.6 is 11.6 Å². The summed E-state index contributed by atoms with van der Waals surface area (Å²) in [5.74, 6) is 1.36. The molecule has 2 heterocycles. The second-order valence-corrected chi connectivity index (χ2v) is 7.47. The van der Waals surface area contributed by atoms with Gasteiger partial charge < -0.3 is 15.2 Å². The van der Waals surface area contributed by atoms with Gasteiger partial charge in [-0.05, 0) is 30.2 Å². The number of hydrogen-bond acceptors (Lipinski definition) is 6. The number of benzene rings is 1. The number of aromatic nitrogens is 2. The molecule has 2 atom stereocenters. The lowest BCUT2D eigenvalue weighted by Crippen LogP contribution is -2.54. The Morgan fingerprint density at radius 1 is 1.26 bits per heavy atom. The topological polar surface area (TPSA) is 88.5 Å². The predicted molar refractivity (Wildman–Crippen MR) is 104 cm³/mol. The minimum Gasteiger partial charge on any atom is -0.339 e. The SMILES string of the molecule is CCC(C)C(N)C(=O)N1CCN(Cc2nc(-c3ccc(Cl)cc3)no2)CC1. The molecular formula is C19H26ClN5O2. The smallest absolute Gasteiger partial charge is 0.241 e. The van der Waals surface area contributed by atoms with E-state index in [2.05, 4.69) is 22.0 Å². The third-order valence-electron chi connectivity index (χ3n) is 5.16. The van der Waals surface area contributed by atoms with Gasteiger partial charge in [-0.2, -0.15) is 4.98 Å². The van der Waals surface area contributed by atoms with Crippen LogP contribution in [-0.2, 0) is 11.3 Å². The molecule has 1 aromatic carbocycles. The van der Waals surface area contributed by atoms with Gasteiger partial charge in [-0.1, -0.05) is 37.0 Å². The number of carbonyl (C=O) groups is 1. The van der Waals surface area contributed by atoms with E-state index in [1.54, 1.807) is 12.1 Å². The number of carbonyl (C=O) groups excluding carboxylic acids is 1. The van der Waals surface area contributed by atoms with E-state index in [-0.39, 0.29) is 11.8 Å². The maximum absolute atomic E-state index is 12.5. The van der Waals surface area contributed by atoms with Crippen molar-refractivity contribution < 1.29 is 9.32 Å². The lowest BCUT2D eigenvalue weighted by atomic mass is 9.98. The molecule has 1 fully saturated rings.